The number of amides is 1. The molecule has 1 saturated heterocycles. The summed E-state index contributed by atoms with van der Waals surface area (Å²) < 4.78 is 0. The topological polar surface area (TPSA) is 69.6 Å². The van der Waals surface area contributed by atoms with Crippen LogP contribution in [0.4, 0.5) is 0 Å². The number of hydrogen-bond acceptors (Lipinski definition) is 3. The van der Waals surface area contributed by atoms with Crippen LogP contribution in [0.1, 0.15) is 32.6 Å². The van der Waals surface area contributed by atoms with Crippen molar-refractivity contribution in [1.29, 1.82) is 0 Å². The molecular weight excluding hydrogens is 208 g/mol. The first kappa shape index (κ1) is 13.0. The Balaban J connectivity index is 2.30. The van der Waals surface area contributed by atoms with E-state index in [0.29, 0.717) is 0 Å². The van der Waals surface area contributed by atoms with Crippen molar-refractivity contribution >= 4 is 11.9 Å². The maximum atomic E-state index is 11.7. The van der Waals surface area contributed by atoms with Gasteiger partial charge >= 0.3 is 5.97 Å². The zero-order valence-corrected chi connectivity index (χ0v) is 9.74. The molecule has 0 radical (unpaired) electrons. The van der Waals surface area contributed by atoms with Crippen LogP contribution in [-0.4, -0.2) is 47.6 Å². The molecule has 92 valence electrons. The van der Waals surface area contributed by atoms with Gasteiger partial charge < -0.3 is 10.0 Å². The van der Waals surface area contributed by atoms with Crippen LogP contribution in [0.15, 0.2) is 0 Å². The lowest BCUT2D eigenvalue weighted by Crippen LogP contribution is -2.43. The van der Waals surface area contributed by atoms with Gasteiger partial charge in [-0.05, 0) is 19.8 Å². The summed E-state index contributed by atoms with van der Waals surface area (Å²) in [5, 5.41) is 11.4. The summed E-state index contributed by atoms with van der Waals surface area (Å²) in [7, 11) is 0. The molecular formula is C11H20N2O3. The summed E-state index contributed by atoms with van der Waals surface area (Å²) in [4.78, 5) is 24.1. The number of likely N-dealkylation sites (tertiary alicyclic amines) is 1. The Morgan fingerprint density at radius 1 is 1.25 bits per heavy atom. The van der Waals surface area contributed by atoms with Gasteiger partial charge in [-0.15, -0.1) is 0 Å². The molecule has 0 aromatic rings. The van der Waals surface area contributed by atoms with Crippen molar-refractivity contribution in [1.82, 2.24) is 10.2 Å². The van der Waals surface area contributed by atoms with E-state index in [1.54, 1.807) is 0 Å². The molecule has 0 aromatic heterocycles. The van der Waals surface area contributed by atoms with Crippen LogP contribution in [0.3, 0.4) is 0 Å². The molecule has 1 atom stereocenters. The van der Waals surface area contributed by atoms with Gasteiger partial charge in [0, 0.05) is 13.1 Å². The maximum absolute atomic E-state index is 11.7. The van der Waals surface area contributed by atoms with Gasteiger partial charge in [0.2, 0.25) is 5.91 Å². The van der Waals surface area contributed by atoms with Gasteiger partial charge in [0.1, 0.15) is 6.04 Å². The largest absolute Gasteiger partial charge is 0.480 e. The Hall–Kier alpha value is -1.10. The van der Waals surface area contributed by atoms with Crippen molar-refractivity contribution < 1.29 is 14.7 Å². The van der Waals surface area contributed by atoms with Crippen LogP contribution in [0.5, 0.6) is 0 Å². The van der Waals surface area contributed by atoms with Gasteiger partial charge in [-0.1, -0.05) is 12.8 Å². The molecule has 1 heterocycles. The zero-order chi connectivity index (χ0) is 12.0. The highest BCUT2D eigenvalue weighted by molar-refractivity contribution is 5.79. The highest BCUT2D eigenvalue weighted by atomic mass is 16.4. The van der Waals surface area contributed by atoms with Crippen LogP contribution in [0, 0.1) is 0 Å². The number of hydrogen-bond donors (Lipinski definition) is 2. The van der Waals surface area contributed by atoms with Crippen LogP contribution in [-0.2, 0) is 9.59 Å². The number of carboxylic acids is 1. The van der Waals surface area contributed by atoms with Crippen LogP contribution in [0.25, 0.3) is 0 Å². The average Bonchev–Trinajstić information content (AvgIpc) is 2.53. The molecule has 16 heavy (non-hydrogen) atoms. The minimum Gasteiger partial charge on any atom is -0.480 e. The number of aliphatic carboxylic acids is 1. The first-order valence-corrected chi connectivity index (χ1v) is 5.85. The van der Waals surface area contributed by atoms with E-state index in [9.17, 15) is 9.59 Å². The molecule has 1 amide bonds. The first-order chi connectivity index (χ1) is 7.61. The van der Waals surface area contributed by atoms with Gasteiger partial charge in [-0.3, -0.25) is 14.9 Å². The Bertz CT molecular complexity index is 248. The number of carbonyl (C=O) groups excluding carboxylic acids is 1. The van der Waals surface area contributed by atoms with E-state index in [2.05, 4.69) is 5.32 Å². The number of nitrogens with one attached hydrogen (secondary N) is 1. The first-order valence-electron chi connectivity index (χ1n) is 5.85. The van der Waals surface area contributed by atoms with Crippen molar-refractivity contribution in [2.24, 2.45) is 0 Å². The fourth-order valence-electron chi connectivity index (χ4n) is 1.76. The predicted molar refractivity (Wildman–Crippen MR) is 60.1 cm³/mol. The Morgan fingerprint density at radius 3 is 2.31 bits per heavy atom. The lowest BCUT2D eigenvalue weighted by atomic mass is 10.2. The Labute approximate surface area is 95.8 Å². The number of rotatable bonds is 4. The van der Waals surface area contributed by atoms with E-state index in [-0.39, 0.29) is 12.5 Å². The normalized spacial score (nSPS) is 18.9. The van der Waals surface area contributed by atoms with E-state index < -0.39 is 12.0 Å². The molecule has 1 rings (SSSR count). The van der Waals surface area contributed by atoms with Crippen molar-refractivity contribution in [2.75, 3.05) is 19.6 Å². The zero-order valence-electron chi connectivity index (χ0n) is 9.74. The maximum Gasteiger partial charge on any atom is 0.320 e. The van der Waals surface area contributed by atoms with Crippen LogP contribution in [0.2, 0.25) is 0 Å². The number of carboxylic acid groups (broad SMARTS) is 1. The third-order valence-corrected chi connectivity index (χ3v) is 2.89. The van der Waals surface area contributed by atoms with E-state index in [0.717, 1.165) is 25.9 Å². The lowest BCUT2D eigenvalue weighted by Gasteiger charge is -2.21. The van der Waals surface area contributed by atoms with Crippen molar-refractivity contribution in [3.05, 3.63) is 0 Å². The fourth-order valence-corrected chi connectivity index (χ4v) is 1.76. The molecule has 2 N–H and O–H groups in total. The van der Waals surface area contributed by atoms with Gasteiger partial charge in [0.15, 0.2) is 0 Å². The average molecular weight is 228 g/mol. The van der Waals surface area contributed by atoms with E-state index in [1.807, 2.05) is 4.90 Å². The van der Waals surface area contributed by atoms with Crippen LogP contribution >= 0.6 is 0 Å². The molecule has 0 aliphatic carbocycles. The molecule has 0 spiro atoms. The summed E-state index contributed by atoms with van der Waals surface area (Å²) in [5.74, 6) is -0.918. The highest BCUT2D eigenvalue weighted by Gasteiger charge is 2.17. The van der Waals surface area contributed by atoms with Gasteiger partial charge in [-0.2, -0.15) is 0 Å². The van der Waals surface area contributed by atoms with Crippen molar-refractivity contribution in [2.45, 2.75) is 38.6 Å². The monoisotopic (exact) mass is 228 g/mol. The molecule has 0 unspecified atom stereocenters. The summed E-state index contributed by atoms with van der Waals surface area (Å²) >= 11 is 0. The minimum atomic E-state index is -0.927. The summed E-state index contributed by atoms with van der Waals surface area (Å²) in [6, 6.07) is -0.670. The standard InChI is InChI=1S/C11H20N2O3/c1-9(11(15)16)12-8-10(14)13-6-4-2-3-5-7-13/h9,12H,2-8H2,1H3,(H,15,16)/t9-/m0/s1. The molecule has 0 aromatic carbocycles. The predicted octanol–water partition coefficient (Wildman–Crippen LogP) is 0.452. The molecule has 0 bridgehead atoms. The second-order valence-corrected chi connectivity index (χ2v) is 4.24. The van der Waals surface area contributed by atoms with Crippen LogP contribution < -0.4 is 5.32 Å². The van der Waals surface area contributed by atoms with E-state index >= 15 is 0 Å². The number of carbonyl (C=O) groups is 2. The minimum absolute atomic E-state index is 0.00926. The SMILES string of the molecule is C[C@H](NCC(=O)N1CCCCCC1)C(=O)O. The molecule has 0 saturated carbocycles. The summed E-state index contributed by atoms with van der Waals surface area (Å²) in [5.41, 5.74) is 0. The fraction of sp³-hybridized carbons (Fsp3) is 0.818. The molecule has 1 aliphatic heterocycles. The number of nitrogens with zero attached hydrogens (tertiary/aromatic N) is 1. The smallest absolute Gasteiger partial charge is 0.320 e. The van der Waals surface area contributed by atoms with E-state index in [4.69, 9.17) is 5.11 Å². The molecule has 5 heteroatoms. The Morgan fingerprint density at radius 2 is 1.81 bits per heavy atom. The summed E-state index contributed by atoms with van der Waals surface area (Å²) in [6.45, 7) is 3.27. The molecule has 5 nitrogen and oxygen atoms in total. The van der Waals surface area contributed by atoms with Gasteiger partial charge in [0.25, 0.3) is 0 Å². The van der Waals surface area contributed by atoms with E-state index in [1.165, 1.54) is 19.8 Å². The summed E-state index contributed by atoms with van der Waals surface area (Å²) in [6.07, 6.45) is 4.48. The Kier molecular flexibility index (Phi) is 5.25. The lowest BCUT2D eigenvalue weighted by molar-refractivity contribution is -0.139. The highest BCUT2D eigenvalue weighted by Crippen LogP contribution is 2.09. The second-order valence-electron chi connectivity index (χ2n) is 4.24. The molecule has 1 aliphatic rings. The second kappa shape index (κ2) is 6.48. The quantitative estimate of drug-likeness (QED) is 0.733. The van der Waals surface area contributed by atoms with Crippen molar-refractivity contribution in [3.63, 3.8) is 0 Å². The molecule has 1 fully saturated rings. The third kappa shape index (κ3) is 4.18. The van der Waals surface area contributed by atoms with Crippen molar-refractivity contribution in [3.8, 4) is 0 Å². The third-order valence-electron chi connectivity index (χ3n) is 2.89. The van der Waals surface area contributed by atoms with Gasteiger partial charge in [-0.25, -0.2) is 0 Å². The van der Waals surface area contributed by atoms with Gasteiger partial charge in [0.05, 0.1) is 6.54 Å².